The van der Waals surface area contributed by atoms with E-state index in [2.05, 4.69) is 5.32 Å². The molecule has 1 aliphatic rings. The number of primary amides is 1. The van der Waals surface area contributed by atoms with E-state index < -0.39 is 17.1 Å². The molecule has 130 valence electrons. The first-order chi connectivity index (χ1) is 12.0. The Morgan fingerprint density at radius 1 is 1.08 bits per heavy atom. The van der Waals surface area contributed by atoms with E-state index in [-0.39, 0.29) is 11.5 Å². The molecule has 0 radical (unpaired) electrons. The summed E-state index contributed by atoms with van der Waals surface area (Å²) in [5.41, 5.74) is 5.44. The number of nitrogens with two attached hydrogens (primary N) is 1. The van der Waals surface area contributed by atoms with Gasteiger partial charge < -0.3 is 15.8 Å². The summed E-state index contributed by atoms with van der Waals surface area (Å²) >= 11 is 0. The van der Waals surface area contributed by atoms with Crippen molar-refractivity contribution < 1.29 is 18.7 Å². The van der Waals surface area contributed by atoms with E-state index >= 15 is 0 Å². The van der Waals surface area contributed by atoms with Crippen LogP contribution in [0.4, 0.5) is 10.1 Å². The van der Waals surface area contributed by atoms with Crippen molar-refractivity contribution in [3.63, 3.8) is 0 Å². The van der Waals surface area contributed by atoms with Gasteiger partial charge in [0.25, 0.3) is 5.91 Å². The quantitative estimate of drug-likeness (QED) is 0.896. The van der Waals surface area contributed by atoms with Crippen molar-refractivity contribution in [3.8, 4) is 0 Å². The van der Waals surface area contributed by atoms with E-state index in [4.69, 9.17) is 10.5 Å². The van der Waals surface area contributed by atoms with Gasteiger partial charge in [0.05, 0.1) is 11.0 Å². The van der Waals surface area contributed by atoms with Crippen LogP contribution >= 0.6 is 0 Å². The SMILES string of the molecule is NC(=O)c1cc(NC(=O)C2(c3ccccc3)CCOCC2)ccc1F. The van der Waals surface area contributed by atoms with Gasteiger partial charge in [0.2, 0.25) is 5.91 Å². The van der Waals surface area contributed by atoms with Gasteiger partial charge in [0, 0.05) is 18.9 Å². The summed E-state index contributed by atoms with van der Waals surface area (Å²) in [5.74, 6) is -1.80. The molecule has 25 heavy (non-hydrogen) atoms. The summed E-state index contributed by atoms with van der Waals surface area (Å²) in [6, 6.07) is 13.3. The van der Waals surface area contributed by atoms with Crippen molar-refractivity contribution in [2.75, 3.05) is 18.5 Å². The Labute approximate surface area is 145 Å². The van der Waals surface area contributed by atoms with Gasteiger partial charge in [-0.3, -0.25) is 9.59 Å². The molecule has 2 aromatic carbocycles. The number of hydrogen-bond acceptors (Lipinski definition) is 3. The summed E-state index contributed by atoms with van der Waals surface area (Å²) in [6.07, 6.45) is 1.10. The van der Waals surface area contributed by atoms with Crippen LogP contribution in [0.15, 0.2) is 48.5 Å². The van der Waals surface area contributed by atoms with Crippen molar-refractivity contribution >= 4 is 17.5 Å². The minimum absolute atomic E-state index is 0.205. The van der Waals surface area contributed by atoms with Crippen molar-refractivity contribution in [2.24, 2.45) is 5.73 Å². The van der Waals surface area contributed by atoms with E-state index in [1.807, 2.05) is 30.3 Å². The van der Waals surface area contributed by atoms with Crippen LogP contribution in [-0.4, -0.2) is 25.0 Å². The number of nitrogens with one attached hydrogen (secondary N) is 1. The van der Waals surface area contributed by atoms with Gasteiger partial charge in [-0.25, -0.2) is 4.39 Å². The zero-order chi connectivity index (χ0) is 17.9. The molecule has 0 aliphatic carbocycles. The van der Waals surface area contributed by atoms with E-state index in [1.54, 1.807) is 0 Å². The Bertz CT molecular complexity index is 787. The van der Waals surface area contributed by atoms with Crippen molar-refractivity contribution in [1.29, 1.82) is 0 Å². The molecule has 3 rings (SSSR count). The third-order valence-corrected chi connectivity index (χ3v) is 4.60. The fraction of sp³-hybridized carbons (Fsp3) is 0.263. The highest BCUT2D eigenvalue weighted by Crippen LogP contribution is 2.36. The minimum atomic E-state index is -0.877. The summed E-state index contributed by atoms with van der Waals surface area (Å²) in [7, 11) is 0. The summed E-state index contributed by atoms with van der Waals surface area (Å²) in [6.45, 7) is 0.969. The molecule has 1 aliphatic heterocycles. The highest BCUT2D eigenvalue weighted by Gasteiger charge is 2.41. The van der Waals surface area contributed by atoms with Gasteiger partial charge >= 0.3 is 0 Å². The topological polar surface area (TPSA) is 81.4 Å². The lowest BCUT2D eigenvalue weighted by atomic mass is 9.73. The monoisotopic (exact) mass is 342 g/mol. The van der Waals surface area contributed by atoms with E-state index in [1.165, 1.54) is 12.1 Å². The first-order valence-electron chi connectivity index (χ1n) is 8.07. The number of halogens is 1. The number of amides is 2. The number of carbonyl (C=O) groups is 2. The Balaban J connectivity index is 1.92. The molecule has 0 atom stereocenters. The average Bonchev–Trinajstić information content (AvgIpc) is 2.64. The van der Waals surface area contributed by atoms with Crippen LogP contribution in [0.1, 0.15) is 28.8 Å². The summed E-state index contributed by atoms with van der Waals surface area (Å²) in [4.78, 5) is 24.4. The third-order valence-electron chi connectivity index (χ3n) is 4.60. The van der Waals surface area contributed by atoms with Crippen molar-refractivity contribution in [2.45, 2.75) is 18.3 Å². The first kappa shape index (κ1) is 17.1. The molecular formula is C19H19FN2O3. The smallest absolute Gasteiger partial charge is 0.251 e. The Hall–Kier alpha value is -2.73. The molecule has 0 spiro atoms. The highest BCUT2D eigenvalue weighted by molar-refractivity contribution is 6.01. The second-order valence-electron chi connectivity index (χ2n) is 6.07. The maximum atomic E-state index is 13.6. The zero-order valence-electron chi connectivity index (χ0n) is 13.6. The highest BCUT2D eigenvalue weighted by atomic mass is 19.1. The number of anilines is 1. The molecule has 0 saturated carbocycles. The minimum Gasteiger partial charge on any atom is -0.381 e. The van der Waals surface area contributed by atoms with Crippen LogP contribution in [0.25, 0.3) is 0 Å². The molecule has 1 heterocycles. The molecule has 0 aromatic heterocycles. The van der Waals surface area contributed by atoms with Gasteiger partial charge in [-0.1, -0.05) is 30.3 Å². The Kier molecular flexibility index (Phi) is 4.81. The molecule has 1 fully saturated rings. The third kappa shape index (κ3) is 3.39. The van der Waals surface area contributed by atoms with Crippen LogP contribution < -0.4 is 11.1 Å². The normalized spacial score (nSPS) is 16.2. The molecule has 0 bridgehead atoms. The predicted octanol–water partition coefficient (Wildman–Crippen LogP) is 2.61. The maximum absolute atomic E-state index is 13.6. The van der Waals surface area contributed by atoms with Crippen LogP contribution in [0, 0.1) is 5.82 Å². The fourth-order valence-corrected chi connectivity index (χ4v) is 3.17. The number of benzene rings is 2. The van der Waals surface area contributed by atoms with Crippen LogP contribution in [0.5, 0.6) is 0 Å². The van der Waals surface area contributed by atoms with Crippen molar-refractivity contribution in [3.05, 3.63) is 65.5 Å². The Morgan fingerprint density at radius 3 is 2.40 bits per heavy atom. The largest absolute Gasteiger partial charge is 0.381 e. The lowest BCUT2D eigenvalue weighted by Crippen LogP contribution is -2.44. The van der Waals surface area contributed by atoms with E-state index in [0.29, 0.717) is 31.7 Å². The summed E-state index contributed by atoms with van der Waals surface area (Å²) < 4.78 is 19.0. The standard InChI is InChI=1S/C19H19FN2O3/c20-16-7-6-14(12-15(16)17(21)23)22-18(24)19(8-10-25-11-9-19)13-4-2-1-3-5-13/h1-7,12H,8-11H2,(H2,21,23)(H,22,24). The van der Waals surface area contributed by atoms with Gasteiger partial charge in [-0.15, -0.1) is 0 Å². The van der Waals surface area contributed by atoms with Gasteiger partial charge in [0.15, 0.2) is 0 Å². The molecule has 2 amide bonds. The number of carbonyl (C=O) groups excluding carboxylic acids is 2. The van der Waals surface area contributed by atoms with Gasteiger partial charge in [-0.05, 0) is 36.6 Å². The molecule has 3 N–H and O–H groups in total. The van der Waals surface area contributed by atoms with Gasteiger partial charge in [0.1, 0.15) is 5.82 Å². The van der Waals surface area contributed by atoms with Crippen LogP contribution in [0.2, 0.25) is 0 Å². The lowest BCUT2D eigenvalue weighted by molar-refractivity contribution is -0.125. The molecule has 0 unspecified atom stereocenters. The Morgan fingerprint density at radius 2 is 1.76 bits per heavy atom. The number of rotatable bonds is 4. The van der Waals surface area contributed by atoms with Crippen molar-refractivity contribution in [1.82, 2.24) is 0 Å². The lowest BCUT2D eigenvalue weighted by Gasteiger charge is -2.36. The van der Waals surface area contributed by atoms with Crippen LogP contribution in [-0.2, 0) is 14.9 Å². The second-order valence-corrected chi connectivity index (χ2v) is 6.07. The molecule has 5 nitrogen and oxygen atoms in total. The van der Waals surface area contributed by atoms with E-state index in [0.717, 1.165) is 11.6 Å². The number of hydrogen-bond donors (Lipinski definition) is 2. The van der Waals surface area contributed by atoms with Gasteiger partial charge in [-0.2, -0.15) is 0 Å². The molecule has 1 saturated heterocycles. The van der Waals surface area contributed by atoms with E-state index in [9.17, 15) is 14.0 Å². The van der Waals surface area contributed by atoms with Crippen LogP contribution in [0.3, 0.4) is 0 Å². The molecular weight excluding hydrogens is 323 g/mol. The maximum Gasteiger partial charge on any atom is 0.251 e. The molecule has 2 aromatic rings. The molecule has 6 heteroatoms. The second kappa shape index (κ2) is 7.03. The zero-order valence-corrected chi connectivity index (χ0v) is 13.6. The summed E-state index contributed by atoms with van der Waals surface area (Å²) in [5, 5.41) is 2.80. The fourth-order valence-electron chi connectivity index (χ4n) is 3.17. The first-order valence-corrected chi connectivity index (χ1v) is 8.07. The number of ether oxygens (including phenoxy) is 1. The predicted molar refractivity (Wildman–Crippen MR) is 91.7 cm³/mol. The average molecular weight is 342 g/mol.